The van der Waals surface area contributed by atoms with Gasteiger partial charge in [0, 0.05) is 31.5 Å². The lowest BCUT2D eigenvalue weighted by Gasteiger charge is -2.21. The zero-order valence-electron chi connectivity index (χ0n) is 11.9. The summed E-state index contributed by atoms with van der Waals surface area (Å²) in [6.07, 6.45) is -0.966. The van der Waals surface area contributed by atoms with Crippen molar-refractivity contribution in [2.45, 2.75) is 18.7 Å². The molecule has 0 spiro atoms. The predicted molar refractivity (Wildman–Crippen MR) is 74.6 cm³/mol. The Bertz CT molecular complexity index is 641. The molecule has 1 aliphatic heterocycles. The third kappa shape index (κ3) is 2.94. The Morgan fingerprint density at radius 3 is 2.73 bits per heavy atom. The van der Waals surface area contributed by atoms with Gasteiger partial charge in [-0.1, -0.05) is 0 Å². The van der Waals surface area contributed by atoms with Crippen LogP contribution in [0, 0.1) is 0 Å². The minimum Gasteiger partial charge on any atom is -0.444 e. The molecule has 1 atom stereocenters. The van der Waals surface area contributed by atoms with Crippen molar-refractivity contribution >= 4 is 5.69 Å². The maximum Gasteiger partial charge on any atom is 0.416 e. The standard InChI is InChI=1S/C15H15F3N2O2/c1-21-13-2-3-20(8-13)12-5-10(14-7-19-9-22-14)4-11(6-12)15(16,17)18/h4-7,9,13H,2-3,8H2,1H3. The molecule has 1 saturated heterocycles. The number of ether oxygens (including phenoxy) is 1. The number of methoxy groups -OCH3 is 1. The third-order valence-corrected chi connectivity index (χ3v) is 3.81. The third-order valence-electron chi connectivity index (χ3n) is 3.81. The predicted octanol–water partition coefficient (Wildman–Crippen LogP) is 3.59. The molecule has 1 unspecified atom stereocenters. The summed E-state index contributed by atoms with van der Waals surface area (Å²) >= 11 is 0. The van der Waals surface area contributed by atoms with Crippen molar-refractivity contribution in [1.82, 2.24) is 4.98 Å². The van der Waals surface area contributed by atoms with Crippen molar-refractivity contribution in [3.63, 3.8) is 0 Å². The second-order valence-corrected chi connectivity index (χ2v) is 5.22. The molecule has 0 radical (unpaired) electrons. The second kappa shape index (κ2) is 5.64. The number of oxazole rings is 1. The van der Waals surface area contributed by atoms with Crippen molar-refractivity contribution < 1.29 is 22.3 Å². The lowest BCUT2D eigenvalue weighted by Crippen LogP contribution is -2.22. The van der Waals surface area contributed by atoms with E-state index in [1.165, 1.54) is 12.6 Å². The quantitative estimate of drug-likeness (QED) is 0.868. The Morgan fingerprint density at radius 2 is 2.14 bits per heavy atom. The molecule has 1 fully saturated rings. The van der Waals surface area contributed by atoms with Gasteiger partial charge in [0.1, 0.15) is 0 Å². The number of nitrogens with zero attached hydrogens (tertiary/aromatic N) is 2. The summed E-state index contributed by atoms with van der Waals surface area (Å²) in [6.45, 7) is 1.24. The average Bonchev–Trinajstić information content (AvgIpc) is 3.17. The minimum absolute atomic E-state index is 0.0447. The van der Waals surface area contributed by atoms with Crippen LogP contribution in [0.1, 0.15) is 12.0 Å². The van der Waals surface area contributed by atoms with Gasteiger partial charge in [-0.15, -0.1) is 0 Å². The number of alkyl halides is 3. The topological polar surface area (TPSA) is 38.5 Å². The van der Waals surface area contributed by atoms with Crippen molar-refractivity contribution in [1.29, 1.82) is 0 Å². The highest BCUT2D eigenvalue weighted by atomic mass is 19.4. The van der Waals surface area contributed by atoms with E-state index in [1.54, 1.807) is 13.2 Å². The Hall–Kier alpha value is -2.02. The van der Waals surface area contributed by atoms with E-state index in [0.717, 1.165) is 18.6 Å². The SMILES string of the molecule is COC1CCN(c2cc(-c3cnco3)cc(C(F)(F)F)c2)C1. The zero-order chi connectivity index (χ0) is 15.7. The Kier molecular flexibility index (Phi) is 3.82. The van der Waals surface area contributed by atoms with Crippen molar-refractivity contribution in [3.05, 3.63) is 36.4 Å². The molecule has 7 heteroatoms. The fourth-order valence-electron chi connectivity index (χ4n) is 2.61. The molecule has 22 heavy (non-hydrogen) atoms. The van der Waals surface area contributed by atoms with E-state index in [1.807, 2.05) is 4.90 Å². The van der Waals surface area contributed by atoms with E-state index in [9.17, 15) is 13.2 Å². The molecular formula is C15H15F3N2O2. The van der Waals surface area contributed by atoms with Crippen LogP contribution in [0.4, 0.5) is 18.9 Å². The molecule has 0 aliphatic carbocycles. The van der Waals surface area contributed by atoms with Crippen LogP contribution in [-0.4, -0.2) is 31.3 Å². The van der Waals surface area contributed by atoms with Gasteiger partial charge in [0.05, 0.1) is 17.9 Å². The first kappa shape index (κ1) is 14.9. The summed E-state index contributed by atoms with van der Waals surface area (Å²) in [5.41, 5.74) is 0.182. The van der Waals surface area contributed by atoms with Crippen molar-refractivity contribution in [2.24, 2.45) is 0 Å². The summed E-state index contributed by atoms with van der Waals surface area (Å²) in [5.74, 6) is 0.315. The maximum absolute atomic E-state index is 13.1. The first-order valence-corrected chi connectivity index (χ1v) is 6.86. The number of halogens is 3. The van der Waals surface area contributed by atoms with E-state index >= 15 is 0 Å². The summed E-state index contributed by atoms with van der Waals surface area (Å²) in [7, 11) is 1.61. The smallest absolute Gasteiger partial charge is 0.416 e. The molecule has 118 valence electrons. The molecule has 0 N–H and O–H groups in total. The van der Waals surface area contributed by atoms with E-state index in [-0.39, 0.29) is 6.10 Å². The molecule has 4 nitrogen and oxygen atoms in total. The van der Waals surface area contributed by atoms with Crippen LogP contribution in [-0.2, 0) is 10.9 Å². The summed E-state index contributed by atoms with van der Waals surface area (Å²) in [4.78, 5) is 5.65. The van der Waals surface area contributed by atoms with E-state index in [4.69, 9.17) is 9.15 Å². The van der Waals surface area contributed by atoms with Crippen LogP contribution in [0.25, 0.3) is 11.3 Å². The summed E-state index contributed by atoms with van der Waals surface area (Å²) < 4.78 is 49.8. The van der Waals surface area contributed by atoms with Gasteiger partial charge in [-0.25, -0.2) is 4.98 Å². The van der Waals surface area contributed by atoms with Crippen LogP contribution >= 0.6 is 0 Å². The number of anilines is 1. The molecular weight excluding hydrogens is 297 g/mol. The Labute approximate surface area is 125 Å². The maximum atomic E-state index is 13.1. The number of hydrogen-bond donors (Lipinski definition) is 0. The van der Waals surface area contributed by atoms with Gasteiger partial charge >= 0.3 is 6.18 Å². The lowest BCUT2D eigenvalue weighted by molar-refractivity contribution is -0.137. The van der Waals surface area contributed by atoms with E-state index < -0.39 is 11.7 Å². The van der Waals surface area contributed by atoms with E-state index in [0.29, 0.717) is 30.1 Å². The minimum atomic E-state index is -4.41. The zero-order valence-corrected chi connectivity index (χ0v) is 11.9. The average molecular weight is 312 g/mol. The molecule has 0 saturated carbocycles. The molecule has 1 aromatic carbocycles. The van der Waals surface area contributed by atoms with E-state index in [2.05, 4.69) is 4.98 Å². The highest BCUT2D eigenvalue weighted by Gasteiger charge is 2.33. The van der Waals surface area contributed by atoms with Crippen molar-refractivity contribution in [3.8, 4) is 11.3 Å². The number of hydrogen-bond acceptors (Lipinski definition) is 4. The number of aromatic nitrogens is 1. The monoisotopic (exact) mass is 312 g/mol. The molecule has 1 aliphatic rings. The van der Waals surface area contributed by atoms with Gasteiger partial charge < -0.3 is 14.1 Å². The molecule has 0 bridgehead atoms. The fraction of sp³-hybridized carbons (Fsp3) is 0.400. The first-order chi connectivity index (χ1) is 10.5. The first-order valence-electron chi connectivity index (χ1n) is 6.86. The fourth-order valence-corrected chi connectivity index (χ4v) is 2.61. The Morgan fingerprint density at radius 1 is 1.32 bits per heavy atom. The van der Waals surface area contributed by atoms with Gasteiger partial charge in [-0.2, -0.15) is 13.2 Å². The highest BCUT2D eigenvalue weighted by Crippen LogP contribution is 2.36. The Balaban J connectivity index is 2.01. The number of rotatable bonds is 3. The van der Waals surface area contributed by atoms with Crippen LogP contribution in [0.5, 0.6) is 0 Å². The summed E-state index contributed by atoms with van der Waals surface area (Å²) in [5, 5.41) is 0. The van der Waals surface area contributed by atoms with Gasteiger partial charge in [0.25, 0.3) is 0 Å². The normalized spacial score (nSPS) is 18.9. The van der Waals surface area contributed by atoms with Crippen LogP contribution in [0.3, 0.4) is 0 Å². The second-order valence-electron chi connectivity index (χ2n) is 5.22. The van der Waals surface area contributed by atoms with Gasteiger partial charge in [-0.05, 0) is 24.6 Å². The van der Waals surface area contributed by atoms with Crippen LogP contribution in [0.2, 0.25) is 0 Å². The van der Waals surface area contributed by atoms with Crippen molar-refractivity contribution in [2.75, 3.05) is 25.1 Å². The molecule has 0 amide bonds. The molecule has 2 aromatic rings. The van der Waals surface area contributed by atoms with Gasteiger partial charge in [-0.3, -0.25) is 0 Å². The van der Waals surface area contributed by atoms with Gasteiger partial charge in [0.15, 0.2) is 12.2 Å². The molecule has 2 heterocycles. The largest absolute Gasteiger partial charge is 0.444 e. The highest BCUT2D eigenvalue weighted by molar-refractivity contribution is 5.66. The summed E-state index contributed by atoms with van der Waals surface area (Å²) in [6, 6.07) is 3.93. The van der Waals surface area contributed by atoms with Gasteiger partial charge in [0.2, 0.25) is 0 Å². The van der Waals surface area contributed by atoms with Crippen LogP contribution in [0.15, 0.2) is 35.2 Å². The molecule has 1 aromatic heterocycles. The van der Waals surface area contributed by atoms with Crippen LogP contribution < -0.4 is 4.90 Å². The lowest BCUT2D eigenvalue weighted by atomic mass is 10.1. The molecule has 3 rings (SSSR count). The number of benzene rings is 1.